The van der Waals surface area contributed by atoms with Crippen LogP contribution in [0.4, 0.5) is 0 Å². The van der Waals surface area contributed by atoms with Gasteiger partial charge in [-0.2, -0.15) is 0 Å². The lowest BCUT2D eigenvalue weighted by Crippen LogP contribution is -2.29. The summed E-state index contributed by atoms with van der Waals surface area (Å²) in [5.74, 6) is 0. The first-order valence-electron chi connectivity index (χ1n) is 8.26. The Hall–Kier alpha value is -0.120. The largest absolute Gasteiger partial charge is 0.378 e. The molecular weight excluding hydrogens is 238 g/mol. The summed E-state index contributed by atoms with van der Waals surface area (Å²) in [5, 5.41) is 0. The lowest BCUT2D eigenvalue weighted by atomic mass is 10.1. The highest BCUT2D eigenvalue weighted by Gasteiger charge is 2.17. The molecule has 112 valence electrons. The fourth-order valence-corrected chi connectivity index (χ4v) is 3.21. The van der Waals surface area contributed by atoms with Gasteiger partial charge in [0.1, 0.15) is 0 Å². The maximum atomic E-state index is 5.67. The van der Waals surface area contributed by atoms with Crippen molar-refractivity contribution in [2.75, 3.05) is 33.4 Å². The smallest absolute Gasteiger partial charge is 0.0702 e. The van der Waals surface area contributed by atoms with Crippen LogP contribution < -0.4 is 0 Å². The predicted molar refractivity (Wildman–Crippen MR) is 78.5 cm³/mol. The van der Waals surface area contributed by atoms with Crippen molar-refractivity contribution in [1.29, 1.82) is 0 Å². The van der Waals surface area contributed by atoms with Gasteiger partial charge in [-0.05, 0) is 52.1 Å². The maximum absolute atomic E-state index is 5.67. The fraction of sp³-hybridized carbons (Fsp3) is 1.00. The van der Waals surface area contributed by atoms with E-state index in [2.05, 4.69) is 11.9 Å². The molecule has 0 saturated carbocycles. The molecule has 2 aliphatic heterocycles. The van der Waals surface area contributed by atoms with Crippen molar-refractivity contribution < 1.29 is 9.47 Å². The highest BCUT2D eigenvalue weighted by atomic mass is 16.5. The van der Waals surface area contributed by atoms with Crippen molar-refractivity contribution in [3.05, 3.63) is 0 Å². The highest BCUT2D eigenvalue weighted by molar-refractivity contribution is 4.69. The van der Waals surface area contributed by atoms with Gasteiger partial charge in [0, 0.05) is 19.8 Å². The maximum Gasteiger partial charge on any atom is 0.0702 e. The van der Waals surface area contributed by atoms with Gasteiger partial charge in [-0.1, -0.05) is 19.3 Å². The average Bonchev–Trinajstić information content (AvgIpc) is 3.06. The minimum absolute atomic E-state index is 0.504. The number of ether oxygens (including phenoxy) is 2. The van der Waals surface area contributed by atoms with Crippen LogP contribution in [-0.4, -0.2) is 50.5 Å². The molecule has 0 bridgehead atoms. The van der Waals surface area contributed by atoms with E-state index in [1.54, 1.807) is 0 Å². The number of likely N-dealkylation sites (N-methyl/N-ethyl adjacent to an activating group) is 1. The predicted octanol–water partition coefficient (Wildman–Crippen LogP) is 3.23. The number of hydrogen-bond donors (Lipinski definition) is 0. The van der Waals surface area contributed by atoms with Gasteiger partial charge in [-0.15, -0.1) is 0 Å². The van der Waals surface area contributed by atoms with E-state index in [-0.39, 0.29) is 0 Å². The van der Waals surface area contributed by atoms with Crippen LogP contribution in [0.15, 0.2) is 0 Å². The molecule has 0 radical (unpaired) electrons. The molecule has 19 heavy (non-hydrogen) atoms. The summed E-state index contributed by atoms with van der Waals surface area (Å²) in [6, 6.07) is 0. The Balaban J connectivity index is 1.38. The van der Waals surface area contributed by atoms with Gasteiger partial charge >= 0.3 is 0 Å². The minimum atomic E-state index is 0.504. The third-order valence-electron chi connectivity index (χ3n) is 4.38. The molecule has 0 amide bonds. The first kappa shape index (κ1) is 15.3. The van der Waals surface area contributed by atoms with Crippen molar-refractivity contribution in [3.8, 4) is 0 Å². The Morgan fingerprint density at radius 3 is 2.26 bits per heavy atom. The lowest BCUT2D eigenvalue weighted by molar-refractivity contribution is 0.0806. The number of nitrogens with zero attached hydrogens (tertiary/aromatic N) is 1. The molecule has 2 aliphatic rings. The molecule has 2 fully saturated rings. The summed E-state index contributed by atoms with van der Waals surface area (Å²) < 4.78 is 11.3. The monoisotopic (exact) mass is 269 g/mol. The normalized spacial score (nSPS) is 27.5. The summed E-state index contributed by atoms with van der Waals surface area (Å²) in [4.78, 5) is 2.44. The van der Waals surface area contributed by atoms with E-state index in [4.69, 9.17) is 9.47 Å². The zero-order valence-corrected chi connectivity index (χ0v) is 12.6. The zero-order valence-electron chi connectivity index (χ0n) is 12.6. The van der Waals surface area contributed by atoms with Crippen LogP contribution in [0.5, 0.6) is 0 Å². The zero-order chi connectivity index (χ0) is 13.3. The summed E-state index contributed by atoms with van der Waals surface area (Å²) in [6.45, 7) is 4.32. The van der Waals surface area contributed by atoms with Crippen molar-refractivity contribution in [3.63, 3.8) is 0 Å². The molecule has 2 heterocycles. The van der Waals surface area contributed by atoms with E-state index in [1.165, 1.54) is 64.3 Å². The van der Waals surface area contributed by atoms with Gasteiger partial charge < -0.3 is 14.4 Å². The van der Waals surface area contributed by atoms with Gasteiger partial charge in [0.25, 0.3) is 0 Å². The van der Waals surface area contributed by atoms with Crippen molar-refractivity contribution >= 4 is 0 Å². The van der Waals surface area contributed by atoms with Gasteiger partial charge in [0.2, 0.25) is 0 Å². The van der Waals surface area contributed by atoms with Crippen LogP contribution in [0.3, 0.4) is 0 Å². The van der Waals surface area contributed by atoms with E-state index >= 15 is 0 Å². The van der Waals surface area contributed by atoms with Gasteiger partial charge in [0.05, 0.1) is 12.2 Å². The third kappa shape index (κ3) is 6.24. The van der Waals surface area contributed by atoms with E-state index in [1.807, 2.05) is 0 Å². The van der Waals surface area contributed by atoms with Crippen molar-refractivity contribution in [2.24, 2.45) is 0 Å². The quantitative estimate of drug-likeness (QED) is 0.600. The van der Waals surface area contributed by atoms with E-state index in [9.17, 15) is 0 Å². The van der Waals surface area contributed by atoms with E-state index in [0.717, 1.165) is 19.8 Å². The molecule has 2 rings (SSSR count). The van der Waals surface area contributed by atoms with Crippen LogP contribution in [0, 0.1) is 0 Å². The standard InChI is InChI=1S/C16H31NO2/c1-17(14-16-10-7-13-19-16)11-5-3-2-4-8-15-9-6-12-18-15/h15-16H,2-14H2,1H3. The number of rotatable bonds is 9. The lowest BCUT2D eigenvalue weighted by Gasteiger charge is -2.20. The van der Waals surface area contributed by atoms with E-state index in [0.29, 0.717) is 12.2 Å². The first-order chi connectivity index (χ1) is 9.34. The minimum Gasteiger partial charge on any atom is -0.378 e. The molecule has 2 unspecified atom stereocenters. The van der Waals surface area contributed by atoms with Crippen LogP contribution in [0.1, 0.15) is 57.8 Å². The van der Waals surface area contributed by atoms with Crippen molar-refractivity contribution in [2.45, 2.75) is 70.0 Å². The van der Waals surface area contributed by atoms with Crippen LogP contribution in [-0.2, 0) is 9.47 Å². The Bertz CT molecular complexity index is 223. The molecule has 0 N–H and O–H groups in total. The SMILES string of the molecule is CN(CCCCCCC1CCCO1)CC1CCCO1. The van der Waals surface area contributed by atoms with E-state index < -0.39 is 0 Å². The molecule has 0 aromatic heterocycles. The molecule has 0 aliphatic carbocycles. The highest BCUT2D eigenvalue weighted by Crippen LogP contribution is 2.18. The molecule has 3 heteroatoms. The molecule has 0 aromatic rings. The summed E-state index contributed by atoms with van der Waals surface area (Å²) in [6.07, 6.45) is 12.9. The van der Waals surface area contributed by atoms with Gasteiger partial charge in [0.15, 0.2) is 0 Å². The van der Waals surface area contributed by atoms with Crippen LogP contribution >= 0.6 is 0 Å². The third-order valence-corrected chi connectivity index (χ3v) is 4.38. The molecule has 0 aromatic carbocycles. The average molecular weight is 269 g/mol. The van der Waals surface area contributed by atoms with Gasteiger partial charge in [-0.25, -0.2) is 0 Å². The Morgan fingerprint density at radius 2 is 1.58 bits per heavy atom. The number of unbranched alkanes of at least 4 members (excludes halogenated alkanes) is 3. The molecule has 0 spiro atoms. The second kappa shape index (κ2) is 8.93. The fourth-order valence-electron chi connectivity index (χ4n) is 3.21. The van der Waals surface area contributed by atoms with Gasteiger partial charge in [-0.3, -0.25) is 0 Å². The van der Waals surface area contributed by atoms with Crippen molar-refractivity contribution in [1.82, 2.24) is 4.90 Å². The number of hydrogen-bond acceptors (Lipinski definition) is 3. The second-order valence-electron chi connectivity index (χ2n) is 6.24. The Labute approximate surface area is 118 Å². The summed E-state index contributed by atoms with van der Waals surface area (Å²) in [7, 11) is 2.23. The molecule has 2 saturated heterocycles. The topological polar surface area (TPSA) is 21.7 Å². The second-order valence-corrected chi connectivity index (χ2v) is 6.24. The molecule has 2 atom stereocenters. The molecule has 3 nitrogen and oxygen atoms in total. The van der Waals surface area contributed by atoms with Crippen LogP contribution in [0.25, 0.3) is 0 Å². The Kier molecular flexibility index (Phi) is 7.18. The Morgan fingerprint density at radius 1 is 0.895 bits per heavy atom. The van der Waals surface area contributed by atoms with Crippen LogP contribution in [0.2, 0.25) is 0 Å². The first-order valence-corrected chi connectivity index (χ1v) is 8.26. The summed E-state index contributed by atoms with van der Waals surface area (Å²) in [5.41, 5.74) is 0. The molecular formula is C16H31NO2. The summed E-state index contributed by atoms with van der Waals surface area (Å²) >= 11 is 0.